The van der Waals surface area contributed by atoms with Gasteiger partial charge in [-0.1, -0.05) is 25.7 Å². The molecule has 1 heterocycles. The SMILES string of the molecule is CNCC1(CN2CCN(C)C(C)C2)CCCCCC1. The second kappa shape index (κ2) is 7.05. The van der Waals surface area contributed by atoms with Crippen LogP contribution in [0, 0.1) is 5.41 Å². The summed E-state index contributed by atoms with van der Waals surface area (Å²) in [6.45, 7) is 8.62. The highest BCUT2D eigenvalue weighted by Crippen LogP contribution is 2.35. The van der Waals surface area contributed by atoms with Gasteiger partial charge in [0, 0.05) is 38.8 Å². The smallest absolute Gasteiger partial charge is 0.0192 e. The van der Waals surface area contributed by atoms with Gasteiger partial charge in [-0.25, -0.2) is 0 Å². The van der Waals surface area contributed by atoms with Gasteiger partial charge < -0.3 is 10.2 Å². The van der Waals surface area contributed by atoms with Crippen LogP contribution in [0.2, 0.25) is 0 Å². The Morgan fingerprint density at radius 3 is 2.37 bits per heavy atom. The molecule has 1 atom stereocenters. The minimum absolute atomic E-state index is 0.543. The minimum atomic E-state index is 0.543. The van der Waals surface area contributed by atoms with Crippen LogP contribution in [-0.4, -0.2) is 62.7 Å². The van der Waals surface area contributed by atoms with E-state index in [0.29, 0.717) is 11.5 Å². The van der Waals surface area contributed by atoms with Gasteiger partial charge >= 0.3 is 0 Å². The number of hydrogen-bond acceptors (Lipinski definition) is 3. The van der Waals surface area contributed by atoms with E-state index in [4.69, 9.17) is 0 Å². The van der Waals surface area contributed by atoms with Crippen LogP contribution < -0.4 is 5.32 Å². The highest BCUT2D eigenvalue weighted by molar-refractivity contribution is 4.89. The van der Waals surface area contributed by atoms with E-state index in [2.05, 4.69) is 36.1 Å². The number of rotatable bonds is 4. The first kappa shape index (κ1) is 15.3. The highest BCUT2D eigenvalue weighted by atomic mass is 15.3. The fourth-order valence-electron chi connectivity index (χ4n) is 3.99. The quantitative estimate of drug-likeness (QED) is 0.788. The standard InChI is InChI=1S/C16H33N3/c1-15-12-19(11-10-18(15)3)14-16(13-17-2)8-6-4-5-7-9-16/h15,17H,4-14H2,1-3H3. The predicted molar refractivity (Wildman–Crippen MR) is 82.6 cm³/mol. The summed E-state index contributed by atoms with van der Waals surface area (Å²) in [5.41, 5.74) is 0.543. The third-order valence-corrected chi connectivity index (χ3v) is 5.32. The summed E-state index contributed by atoms with van der Waals surface area (Å²) in [6.07, 6.45) is 8.62. The molecule has 1 unspecified atom stereocenters. The molecule has 3 nitrogen and oxygen atoms in total. The molecule has 2 rings (SSSR count). The molecule has 0 bridgehead atoms. The van der Waals surface area contributed by atoms with Gasteiger partial charge in [-0.15, -0.1) is 0 Å². The first-order valence-electron chi connectivity index (χ1n) is 8.22. The van der Waals surface area contributed by atoms with Gasteiger partial charge in [-0.05, 0) is 39.3 Å². The molecular formula is C16H33N3. The largest absolute Gasteiger partial charge is 0.319 e. The average Bonchev–Trinajstić information content (AvgIpc) is 2.60. The van der Waals surface area contributed by atoms with Crippen LogP contribution in [-0.2, 0) is 0 Å². The summed E-state index contributed by atoms with van der Waals surface area (Å²) in [6, 6.07) is 0.714. The summed E-state index contributed by atoms with van der Waals surface area (Å²) in [7, 11) is 4.39. The van der Waals surface area contributed by atoms with Crippen LogP contribution in [0.3, 0.4) is 0 Å². The number of nitrogens with zero attached hydrogens (tertiary/aromatic N) is 2. The summed E-state index contributed by atoms with van der Waals surface area (Å²) in [4.78, 5) is 5.22. The molecule has 0 aromatic rings. The van der Waals surface area contributed by atoms with E-state index in [0.717, 1.165) is 0 Å². The van der Waals surface area contributed by atoms with E-state index in [9.17, 15) is 0 Å². The Balaban J connectivity index is 1.95. The maximum absolute atomic E-state index is 3.48. The molecule has 1 N–H and O–H groups in total. The topological polar surface area (TPSA) is 18.5 Å². The van der Waals surface area contributed by atoms with Crippen molar-refractivity contribution in [3.05, 3.63) is 0 Å². The van der Waals surface area contributed by atoms with E-state index in [1.54, 1.807) is 0 Å². The second-order valence-corrected chi connectivity index (χ2v) is 7.01. The van der Waals surface area contributed by atoms with Crippen LogP contribution >= 0.6 is 0 Å². The zero-order valence-electron chi connectivity index (χ0n) is 13.2. The molecule has 0 aromatic heterocycles. The van der Waals surface area contributed by atoms with Crippen molar-refractivity contribution in [2.45, 2.75) is 51.5 Å². The summed E-state index contributed by atoms with van der Waals surface area (Å²) in [5.74, 6) is 0. The van der Waals surface area contributed by atoms with Crippen molar-refractivity contribution in [2.24, 2.45) is 5.41 Å². The predicted octanol–water partition coefficient (Wildman–Crippen LogP) is 2.18. The van der Waals surface area contributed by atoms with Crippen molar-refractivity contribution in [3.8, 4) is 0 Å². The lowest BCUT2D eigenvalue weighted by Gasteiger charge is -2.43. The third kappa shape index (κ3) is 4.17. The highest BCUT2D eigenvalue weighted by Gasteiger charge is 2.34. The van der Waals surface area contributed by atoms with E-state index in [-0.39, 0.29) is 0 Å². The van der Waals surface area contributed by atoms with E-state index < -0.39 is 0 Å². The maximum Gasteiger partial charge on any atom is 0.0192 e. The van der Waals surface area contributed by atoms with Crippen LogP contribution in [0.4, 0.5) is 0 Å². The lowest BCUT2D eigenvalue weighted by molar-refractivity contribution is 0.0576. The molecule has 0 spiro atoms. The minimum Gasteiger partial charge on any atom is -0.319 e. The van der Waals surface area contributed by atoms with Gasteiger partial charge in [0.05, 0.1) is 0 Å². The van der Waals surface area contributed by atoms with Crippen LogP contribution in [0.25, 0.3) is 0 Å². The van der Waals surface area contributed by atoms with E-state index in [1.807, 2.05) is 0 Å². The van der Waals surface area contributed by atoms with Crippen LogP contribution in [0.15, 0.2) is 0 Å². The Labute approximate surface area is 119 Å². The van der Waals surface area contributed by atoms with E-state index >= 15 is 0 Å². The fraction of sp³-hybridized carbons (Fsp3) is 1.00. The molecule has 2 aliphatic rings. The summed E-state index contributed by atoms with van der Waals surface area (Å²) in [5, 5.41) is 3.48. The molecule has 0 amide bonds. The Morgan fingerprint density at radius 2 is 1.79 bits per heavy atom. The molecule has 19 heavy (non-hydrogen) atoms. The summed E-state index contributed by atoms with van der Waals surface area (Å²) < 4.78 is 0. The van der Waals surface area contributed by atoms with Gasteiger partial charge in [-0.3, -0.25) is 4.90 Å². The van der Waals surface area contributed by atoms with Crippen molar-refractivity contribution in [2.75, 3.05) is 46.8 Å². The number of nitrogens with one attached hydrogen (secondary N) is 1. The van der Waals surface area contributed by atoms with Gasteiger partial charge in [0.25, 0.3) is 0 Å². The van der Waals surface area contributed by atoms with Crippen molar-refractivity contribution >= 4 is 0 Å². The zero-order valence-corrected chi connectivity index (χ0v) is 13.2. The van der Waals surface area contributed by atoms with Gasteiger partial charge in [0.15, 0.2) is 0 Å². The Bertz CT molecular complexity index is 259. The van der Waals surface area contributed by atoms with Crippen molar-refractivity contribution in [1.82, 2.24) is 15.1 Å². The molecule has 0 radical (unpaired) electrons. The summed E-state index contributed by atoms with van der Waals surface area (Å²) >= 11 is 0. The Morgan fingerprint density at radius 1 is 1.11 bits per heavy atom. The molecule has 1 saturated carbocycles. The lowest BCUT2D eigenvalue weighted by atomic mass is 9.79. The lowest BCUT2D eigenvalue weighted by Crippen LogP contribution is -2.54. The molecule has 0 aromatic carbocycles. The third-order valence-electron chi connectivity index (χ3n) is 5.32. The molecule has 1 aliphatic carbocycles. The average molecular weight is 267 g/mol. The molecule has 3 heteroatoms. The van der Waals surface area contributed by atoms with Crippen LogP contribution in [0.1, 0.15) is 45.4 Å². The second-order valence-electron chi connectivity index (χ2n) is 7.01. The Kier molecular flexibility index (Phi) is 5.67. The number of likely N-dealkylation sites (N-methyl/N-ethyl adjacent to an activating group) is 1. The molecule has 1 saturated heterocycles. The molecule has 2 fully saturated rings. The van der Waals surface area contributed by atoms with Gasteiger partial charge in [0.2, 0.25) is 0 Å². The zero-order chi connectivity index (χ0) is 13.7. The van der Waals surface area contributed by atoms with Crippen molar-refractivity contribution in [1.29, 1.82) is 0 Å². The van der Waals surface area contributed by atoms with Crippen molar-refractivity contribution < 1.29 is 0 Å². The maximum atomic E-state index is 3.48. The van der Waals surface area contributed by atoms with Gasteiger partial charge in [0.1, 0.15) is 0 Å². The molecule has 1 aliphatic heterocycles. The molecule has 112 valence electrons. The number of piperazine rings is 1. The first-order chi connectivity index (χ1) is 9.15. The van der Waals surface area contributed by atoms with Gasteiger partial charge in [-0.2, -0.15) is 0 Å². The van der Waals surface area contributed by atoms with Crippen molar-refractivity contribution in [3.63, 3.8) is 0 Å². The normalized spacial score (nSPS) is 30.2. The monoisotopic (exact) mass is 267 g/mol. The fourth-order valence-corrected chi connectivity index (χ4v) is 3.99. The Hall–Kier alpha value is -0.120. The van der Waals surface area contributed by atoms with Crippen LogP contribution in [0.5, 0.6) is 0 Å². The number of hydrogen-bond donors (Lipinski definition) is 1. The molecular weight excluding hydrogens is 234 g/mol. The van der Waals surface area contributed by atoms with E-state index in [1.165, 1.54) is 71.2 Å². The first-order valence-corrected chi connectivity index (χ1v) is 8.22.